The maximum atomic E-state index is 12.6. The summed E-state index contributed by atoms with van der Waals surface area (Å²) >= 11 is 0. The quantitative estimate of drug-likeness (QED) is 0.568. The lowest BCUT2D eigenvalue weighted by Gasteiger charge is -2.12. The summed E-state index contributed by atoms with van der Waals surface area (Å²) in [7, 11) is 1.58. The van der Waals surface area contributed by atoms with Gasteiger partial charge in [0.25, 0.3) is 5.91 Å². The van der Waals surface area contributed by atoms with Crippen LogP contribution in [0.4, 0.5) is 11.5 Å². The minimum atomic E-state index is -0.329. The molecule has 1 aromatic heterocycles. The van der Waals surface area contributed by atoms with Crippen molar-refractivity contribution in [3.8, 4) is 17.2 Å². The van der Waals surface area contributed by atoms with E-state index in [1.54, 1.807) is 37.4 Å². The summed E-state index contributed by atoms with van der Waals surface area (Å²) in [6, 6.07) is 16.2. The Hall–Kier alpha value is -3.58. The van der Waals surface area contributed by atoms with Crippen LogP contribution >= 0.6 is 0 Å². The summed E-state index contributed by atoms with van der Waals surface area (Å²) in [5.41, 5.74) is 8.45. The fraction of sp³-hybridized carbons (Fsp3) is 0.217. The predicted molar refractivity (Wildman–Crippen MR) is 116 cm³/mol. The molecule has 0 bridgehead atoms. The summed E-state index contributed by atoms with van der Waals surface area (Å²) in [5, 5.41) is 2.83. The number of methoxy groups -OCH3 is 1. The van der Waals surface area contributed by atoms with Crippen LogP contribution in [-0.4, -0.2) is 24.6 Å². The normalized spacial score (nSPS) is 10.5. The Kier molecular flexibility index (Phi) is 6.87. The molecule has 3 rings (SSSR count). The molecule has 0 saturated carbocycles. The van der Waals surface area contributed by atoms with Gasteiger partial charge in [0, 0.05) is 18.9 Å². The number of nitrogens with zero attached hydrogens (tertiary/aromatic N) is 1. The average Bonchev–Trinajstić information content (AvgIpc) is 2.72. The summed E-state index contributed by atoms with van der Waals surface area (Å²) in [6.07, 6.45) is 0. The smallest absolute Gasteiger partial charge is 0.259 e. The first-order chi connectivity index (χ1) is 14.5. The van der Waals surface area contributed by atoms with Gasteiger partial charge >= 0.3 is 0 Å². The van der Waals surface area contributed by atoms with E-state index < -0.39 is 0 Å². The van der Waals surface area contributed by atoms with Gasteiger partial charge in [-0.15, -0.1) is 0 Å². The van der Waals surface area contributed by atoms with Gasteiger partial charge in [-0.05, 0) is 61.9 Å². The van der Waals surface area contributed by atoms with E-state index in [0.29, 0.717) is 41.7 Å². The second-order valence-electron chi connectivity index (χ2n) is 6.61. The number of ether oxygens (including phenoxy) is 3. The van der Waals surface area contributed by atoms with Crippen molar-refractivity contribution in [2.75, 3.05) is 24.8 Å². The van der Waals surface area contributed by atoms with Crippen LogP contribution in [0.2, 0.25) is 0 Å². The van der Waals surface area contributed by atoms with E-state index in [1.165, 1.54) is 0 Å². The highest BCUT2D eigenvalue weighted by molar-refractivity contribution is 6.07. The molecule has 0 saturated heterocycles. The van der Waals surface area contributed by atoms with Crippen molar-refractivity contribution in [2.24, 2.45) is 0 Å². The highest BCUT2D eigenvalue weighted by atomic mass is 16.5. The molecule has 0 fully saturated rings. The Morgan fingerprint density at radius 3 is 2.50 bits per heavy atom. The highest BCUT2D eigenvalue weighted by Crippen LogP contribution is 2.26. The molecule has 0 aliphatic heterocycles. The largest absolute Gasteiger partial charge is 0.494 e. The number of pyridine rings is 1. The molecule has 7 nitrogen and oxygen atoms in total. The number of rotatable bonds is 8. The van der Waals surface area contributed by atoms with Gasteiger partial charge in [0.05, 0.1) is 24.5 Å². The van der Waals surface area contributed by atoms with Crippen molar-refractivity contribution in [3.05, 3.63) is 71.4 Å². The average molecular weight is 407 g/mol. The first-order valence-electron chi connectivity index (χ1n) is 9.57. The minimum absolute atomic E-state index is 0.166. The first-order valence-corrected chi connectivity index (χ1v) is 9.57. The molecule has 30 heavy (non-hydrogen) atoms. The minimum Gasteiger partial charge on any atom is -0.494 e. The van der Waals surface area contributed by atoms with E-state index in [4.69, 9.17) is 19.9 Å². The number of nitrogen functional groups attached to an aromatic ring is 1. The van der Waals surface area contributed by atoms with Crippen LogP contribution in [0.25, 0.3) is 0 Å². The maximum absolute atomic E-state index is 12.6. The molecule has 3 aromatic rings. The number of hydrogen-bond acceptors (Lipinski definition) is 6. The fourth-order valence-corrected chi connectivity index (χ4v) is 2.87. The molecule has 0 spiro atoms. The van der Waals surface area contributed by atoms with E-state index in [1.807, 2.05) is 38.1 Å². The number of nitrogens with one attached hydrogen (secondary N) is 1. The van der Waals surface area contributed by atoms with Gasteiger partial charge in [-0.1, -0.05) is 6.07 Å². The Morgan fingerprint density at radius 2 is 1.80 bits per heavy atom. The zero-order valence-electron chi connectivity index (χ0n) is 17.3. The van der Waals surface area contributed by atoms with Crippen LogP contribution in [-0.2, 0) is 11.3 Å². The van der Waals surface area contributed by atoms with Gasteiger partial charge in [0.1, 0.15) is 23.1 Å². The third kappa shape index (κ3) is 5.27. The number of carbonyl (C=O) groups is 1. The zero-order valence-corrected chi connectivity index (χ0v) is 17.3. The van der Waals surface area contributed by atoms with Crippen molar-refractivity contribution in [1.82, 2.24) is 4.98 Å². The summed E-state index contributed by atoms with van der Waals surface area (Å²) in [5.74, 6) is 1.90. The Morgan fingerprint density at radius 1 is 1.07 bits per heavy atom. The number of hydrogen-bond donors (Lipinski definition) is 2. The van der Waals surface area contributed by atoms with Crippen LogP contribution in [0.15, 0.2) is 54.6 Å². The molecule has 0 atom stereocenters. The van der Waals surface area contributed by atoms with Gasteiger partial charge in [-0.2, -0.15) is 0 Å². The number of nitrogens with two attached hydrogens (primary N) is 1. The number of carbonyl (C=O) groups excluding carboxylic acids is 1. The van der Waals surface area contributed by atoms with Crippen LogP contribution in [0.3, 0.4) is 0 Å². The van der Waals surface area contributed by atoms with Crippen LogP contribution in [0, 0.1) is 6.92 Å². The predicted octanol–water partition coefficient (Wildman–Crippen LogP) is 4.56. The molecule has 0 unspecified atom stereocenters. The van der Waals surface area contributed by atoms with E-state index in [0.717, 1.165) is 11.3 Å². The van der Waals surface area contributed by atoms with Crippen molar-refractivity contribution >= 4 is 17.4 Å². The standard InChI is InChI=1S/C23H25N3O4/c1-4-29-18-6-5-7-19(13-18)30-17-10-8-16(9-11-17)25-23(27)20-12-15(2)21(14-28-3)26-22(20)24/h5-13H,4,14H2,1-3H3,(H2,24,26)(H,25,27). The van der Waals surface area contributed by atoms with E-state index in [-0.39, 0.29) is 11.7 Å². The summed E-state index contributed by atoms with van der Waals surface area (Å²) in [4.78, 5) is 16.9. The molecule has 156 valence electrons. The zero-order chi connectivity index (χ0) is 21.5. The first kappa shape index (κ1) is 21.1. The van der Waals surface area contributed by atoms with E-state index in [9.17, 15) is 4.79 Å². The third-order valence-corrected chi connectivity index (χ3v) is 4.34. The number of aryl methyl sites for hydroxylation is 1. The molecule has 7 heteroatoms. The number of aromatic nitrogens is 1. The van der Waals surface area contributed by atoms with Crippen molar-refractivity contribution in [1.29, 1.82) is 0 Å². The lowest BCUT2D eigenvalue weighted by atomic mass is 10.1. The lowest BCUT2D eigenvalue weighted by Crippen LogP contribution is -2.16. The number of anilines is 2. The summed E-state index contributed by atoms with van der Waals surface area (Å²) < 4.78 is 16.4. The van der Waals surface area contributed by atoms with Crippen LogP contribution < -0.4 is 20.5 Å². The molecular weight excluding hydrogens is 382 g/mol. The highest BCUT2D eigenvalue weighted by Gasteiger charge is 2.14. The van der Waals surface area contributed by atoms with Gasteiger partial charge in [0.15, 0.2) is 0 Å². The Bertz CT molecular complexity index is 1020. The SMILES string of the molecule is CCOc1cccc(Oc2ccc(NC(=O)c3cc(C)c(COC)nc3N)cc2)c1. The van der Waals surface area contributed by atoms with Crippen molar-refractivity contribution < 1.29 is 19.0 Å². The molecular formula is C23H25N3O4. The summed E-state index contributed by atoms with van der Waals surface area (Å²) in [6.45, 7) is 4.73. The van der Waals surface area contributed by atoms with Gasteiger partial charge < -0.3 is 25.3 Å². The molecule has 0 aliphatic carbocycles. The molecule has 1 amide bonds. The molecule has 1 heterocycles. The molecule has 0 aliphatic rings. The fourth-order valence-electron chi connectivity index (χ4n) is 2.87. The van der Waals surface area contributed by atoms with Gasteiger partial charge in [0.2, 0.25) is 0 Å². The van der Waals surface area contributed by atoms with Gasteiger partial charge in [-0.3, -0.25) is 4.79 Å². The maximum Gasteiger partial charge on any atom is 0.259 e. The monoisotopic (exact) mass is 407 g/mol. The van der Waals surface area contributed by atoms with E-state index in [2.05, 4.69) is 10.3 Å². The second kappa shape index (κ2) is 9.76. The van der Waals surface area contributed by atoms with Crippen molar-refractivity contribution in [3.63, 3.8) is 0 Å². The third-order valence-electron chi connectivity index (χ3n) is 4.34. The molecule has 0 radical (unpaired) electrons. The van der Waals surface area contributed by atoms with Gasteiger partial charge in [-0.25, -0.2) is 4.98 Å². The van der Waals surface area contributed by atoms with Crippen LogP contribution in [0.5, 0.6) is 17.2 Å². The van der Waals surface area contributed by atoms with Crippen molar-refractivity contribution in [2.45, 2.75) is 20.5 Å². The topological polar surface area (TPSA) is 95.7 Å². The Labute approximate surface area is 175 Å². The number of benzene rings is 2. The van der Waals surface area contributed by atoms with E-state index >= 15 is 0 Å². The second-order valence-corrected chi connectivity index (χ2v) is 6.61. The number of amides is 1. The Balaban J connectivity index is 1.68. The molecule has 3 N–H and O–H groups in total. The lowest BCUT2D eigenvalue weighted by molar-refractivity contribution is 0.102. The van der Waals surface area contributed by atoms with Crippen LogP contribution in [0.1, 0.15) is 28.5 Å². The molecule has 2 aromatic carbocycles.